The molecule has 2 aromatic rings. The van der Waals surface area contributed by atoms with E-state index in [1.807, 2.05) is 6.92 Å². The van der Waals surface area contributed by atoms with E-state index >= 15 is 0 Å². The van der Waals surface area contributed by atoms with Gasteiger partial charge in [0, 0.05) is 33.5 Å². The SMILES string of the molecule is CC1=C(SCc2ccc(C(=O)c3ccc(C(F)(F)F)cc3)cc2)N=C2N=CC(C)=S2C1=O. The smallest absolute Gasteiger partial charge is 0.289 e. The molecule has 164 valence electrons. The molecule has 9 heteroatoms. The van der Waals surface area contributed by atoms with E-state index in [9.17, 15) is 22.8 Å². The van der Waals surface area contributed by atoms with E-state index in [1.165, 1.54) is 23.9 Å². The number of carbonyl (C=O) groups is 2. The molecule has 1 unspecified atom stereocenters. The second kappa shape index (κ2) is 8.63. The average Bonchev–Trinajstić information content (AvgIpc) is 3.15. The maximum absolute atomic E-state index is 12.7. The topological polar surface area (TPSA) is 58.9 Å². The Hall–Kier alpha value is -2.78. The van der Waals surface area contributed by atoms with Crippen molar-refractivity contribution in [3.05, 3.63) is 81.4 Å². The molecule has 0 amide bonds. The quantitative estimate of drug-likeness (QED) is 0.404. The van der Waals surface area contributed by atoms with Crippen molar-refractivity contribution in [1.82, 2.24) is 0 Å². The molecule has 0 aromatic heterocycles. The van der Waals surface area contributed by atoms with Crippen molar-refractivity contribution in [3.63, 3.8) is 0 Å². The predicted octanol–water partition coefficient (Wildman–Crippen LogP) is 5.84. The Morgan fingerprint density at radius 2 is 1.59 bits per heavy atom. The van der Waals surface area contributed by atoms with E-state index in [0.717, 1.165) is 22.6 Å². The standard InChI is InChI=1S/C23H17F3N2O2S2/c1-13-11-27-22-28-20(14(2)21(30)32(13)22)31-12-15-3-5-16(6-4-15)19(29)17-7-9-18(10-8-17)23(24,25)26/h3-11H,12H2,1-2H3. The van der Waals surface area contributed by atoms with Crippen LogP contribution in [0.4, 0.5) is 13.2 Å². The van der Waals surface area contributed by atoms with Gasteiger partial charge >= 0.3 is 6.18 Å². The van der Waals surface area contributed by atoms with E-state index < -0.39 is 22.2 Å². The molecule has 32 heavy (non-hydrogen) atoms. The number of amidine groups is 1. The molecule has 0 fully saturated rings. The lowest BCUT2D eigenvalue weighted by Gasteiger charge is -2.15. The third-order valence-electron chi connectivity index (χ3n) is 4.94. The number of rotatable bonds is 5. The van der Waals surface area contributed by atoms with Gasteiger partial charge in [0.25, 0.3) is 0 Å². The van der Waals surface area contributed by atoms with Crippen LogP contribution in [0.25, 0.3) is 0 Å². The first-order valence-electron chi connectivity index (χ1n) is 9.54. The van der Waals surface area contributed by atoms with Crippen LogP contribution in [-0.2, 0) is 16.7 Å². The van der Waals surface area contributed by atoms with Crippen molar-refractivity contribution in [2.75, 3.05) is 0 Å². The van der Waals surface area contributed by atoms with E-state index in [-0.39, 0.29) is 16.5 Å². The van der Waals surface area contributed by atoms with Crippen LogP contribution in [0.2, 0.25) is 0 Å². The van der Waals surface area contributed by atoms with Crippen LogP contribution in [0.3, 0.4) is 0 Å². The number of alkyl halides is 3. The van der Waals surface area contributed by atoms with E-state index in [0.29, 0.717) is 27.1 Å². The van der Waals surface area contributed by atoms with Gasteiger partial charge < -0.3 is 0 Å². The molecule has 0 spiro atoms. The zero-order valence-electron chi connectivity index (χ0n) is 17.1. The fourth-order valence-electron chi connectivity index (χ4n) is 3.13. The summed E-state index contributed by atoms with van der Waals surface area (Å²) in [5.74, 6) is 0.199. The van der Waals surface area contributed by atoms with E-state index in [2.05, 4.69) is 9.98 Å². The molecule has 0 N–H and O–H groups in total. The first-order valence-corrected chi connectivity index (χ1v) is 11.8. The van der Waals surface area contributed by atoms with Gasteiger partial charge in [-0.3, -0.25) is 9.59 Å². The summed E-state index contributed by atoms with van der Waals surface area (Å²) < 4.78 is 38.1. The Balaban J connectivity index is 1.44. The zero-order chi connectivity index (χ0) is 23.0. The van der Waals surface area contributed by atoms with Gasteiger partial charge in [0.15, 0.2) is 11.0 Å². The highest BCUT2D eigenvalue weighted by Crippen LogP contribution is 2.38. The highest BCUT2D eigenvalue weighted by atomic mass is 32.2. The molecule has 1 atom stereocenters. The highest BCUT2D eigenvalue weighted by molar-refractivity contribution is 8.41. The first-order chi connectivity index (χ1) is 15.1. The van der Waals surface area contributed by atoms with E-state index in [1.54, 1.807) is 37.4 Å². The molecular formula is C23H17F3N2O2S2. The highest BCUT2D eigenvalue weighted by Gasteiger charge is 2.30. The van der Waals surface area contributed by atoms with Crippen molar-refractivity contribution in [3.8, 4) is 0 Å². The summed E-state index contributed by atoms with van der Waals surface area (Å²) >= 11 is 1.43. The van der Waals surface area contributed by atoms with Gasteiger partial charge in [-0.25, -0.2) is 9.98 Å². The van der Waals surface area contributed by atoms with Gasteiger partial charge in [-0.2, -0.15) is 13.2 Å². The molecule has 0 radical (unpaired) electrons. The molecule has 4 rings (SSSR count). The minimum Gasteiger partial charge on any atom is -0.289 e. The second-order valence-corrected chi connectivity index (χ2v) is 10.1. The molecule has 0 aliphatic carbocycles. The third kappa shape index (κ3) is 4.40. The molecule has 2 heterocycles. The van der Waals surface area contributed by atoms with Crippen molar-refractivity contribution in [2.24, 2.45) is 9.98 Å². The number of benzene rings is 2. The number of carbonyl (C=O) groups excluding carboxylic acids is 2. The first kappa shape index (κ1) is 22.4. The maximum Gasteiger partial charge on any atom is 0.416 e. The molecular weight excluding hydrogens is 457 g/mol. The summed E-state index contributed by atoms with van der Waals surface area (Å²) in [5, 5.41) is 1.24. The van der Waals surface area contributed by atoms with Gasteiger partial charge in [-0.15, -0.1) is 11.8 Å². The molecule has 0 saturated carbocycles. The van der Waals surface area contributed by atoms with Crippen LogP contribution < -0.4 is 0 Å². The third-order valence-corrected chi connectivity index (χ3v) is 8.07. The largest absolute Gasteiger partial charge is 0.416 e. The second-order valence-electron chi connectivity index (χ2n) is 7.18. The van der Waals surface area contributed by atoms with Gasteiger partial charge in [-0.05, 0) is 42.0 Å². The zero-order valence-corrected chi connectivity index (χ0v) is 18.7. The van der Waals surface area contributed by atoms with Crippen LogP contribution >= 0.6 is 22.2 Å². The number of fused-ring (bicyclic) bond motifs is 1. The van der Waals surface area contributed by atoms with Gasteiger partial charge in [-0.1, -0.05) is 36.4 Å². The lowest BCUT2D eigenvalue weighted by molar-refractivity contribution is -0.137. The number of hydrogen-bond acceptors (Lipinski definition) is 5. The summed E-state index contributed by atoms with van der Waals surface area (Å²) in [4.78, 5) is 34.9. The van der Waals surface area contributed by atoms with Gasteiger partial charge in [0.05, 0.1) is 5.56 Å². The van der Waals surface area contributed by atoms with E-state index in [4.69, 9.17) is 0 Å². The number of nitrogens with zero attached hydrogens (tertiary/aromatic N) is 2. The molecule has 2 aromatic carbocycles. The fraction of sp³-hybridized carbons (Fsp3) is 0.174. The summed E-state index contributed by atoms with van der Waals surface area (Å²) in [5.41, 5.74) is 1.34. The fourth-order valence-corrected chi connectivity index (χ4v) is 5.86. The van der Waals surface area contributed by atoms with Crippen LogP contribution in [0.15, 0.2) is 69.1 Å². The van der Waals surface area contributed by atoms with Crippen molar-refractivity contribution in [1.29, 1.82) is 0 Å². The maximum atomic E-state index is 12.7. The van der Waals surface area contributed by atoms with Crippen LogP contribution in [0.5, 0.6) is 0 Å². The normalized spacial score (nSPS) is 18.2. The van der Waals surface area contributed by atoms with Crippen molar-refractivity contribution >= 4 is 49.4 Å². The minimum absolute atomic E-state index is 0.0463. The predicted molar refractivity (Wildman–Crippen MR) is 125 cm³/mol. The summed E-state index contributed by atoms with van der Waals surface area (Å²) in [6, 6.07) is 11.0. The Bertz CT molecular complexity index is 1240. The van der Waals surface area contributed by atoms with Crippen LogP contribution in [0, 0.1) is 0 Å². The Morgan fingerprint density at radius 1 is 1.00 bits per heavy atom. The Kier molecular flexibility index (Phi) is 6.05. The Morgan fingerprint density at radius 3 is 2.19 bits per heavy atom. The number of ketones is 1. The summed E-state index contributed by atoms with van der Waals surface area (Å²) in [7, 11) is -0.672. The van der Waals surface area contributed by atoms with Gasteiger partial charge in [0.2, 0.25) is 5.12 Å². The summed E-state index contributed by atoms with van der Waals surface area (Å²) in [6.45, 7) is 3.65. The minimum atomic E-state index is -4.44. The number of halogens is 3. The molecule has 2 aliphatic rings. The van der Waals surface area contributed by atoms with Crippen molar-refractivity contribution in [2.45, 2.75) is 25.8 Å². The van der Waals surface area contributed by atoms with Crippen LogP contribution in [-0.4, -0.2) is 27.1 Å². The van der Waals surface area contributed by atoms with Crippen molar-refractivity contribution < 1.29 is 22.8 Å². The number of aliphatic imine (C=N–C) groups is 2. The summed E-state index contributed by atoms with van der Waals surface area (Å²) in [6.07, 6.45) is -2.75. The number of thioether (sulfide) groups is 1. The molecule has 2 aliphatic heterocycles. The van der Waals surface area contributed by atoms with Gasteiger partial charge in [0.1, 0.15) is 5.03 Å². The molecule has 0 bridgehead atoms. The van der Waals surface area contributed by atoms with Crippen LogP contribution in [0.1, 0.15) is 40.9 Å². The molecule has 0 saturated heterocycles. The molecule has 4 nitrogen and oxygen atoms in total. The average molecular weight is 475 g/mol. The monoisotopic (exact) mass is 474 g/mol. The number of hydrogen-bond donors (Lipinski definition) is 0. The lowest BCUT2D eigenvalue weighted by Crippen LogP contribution is -2.10. The Labute approximate surface area is 189 Å². The lowest BCUT2D eigenvalue weighted by atomic mass is 10.0.